The van der Waals surface area contributed by atoms with Gasteiger partial charge in [0, 0.05) is 13.1 Å². The molecule has 0 saturated carbocycles. The molecule has 110 valence electrons. The van der Waals surface area contributed by atoms with Gasteiger partial charge in [-0.25, -0.2) is 0 Å². The Morgan fingerprint density at radius 3 is 2.60 bits per heavy atom. The topological polar surface area (TPSA) is 52.9 Å². The fourth-order valence-corrected chi connectivity index (χ4v) is 3.33. The molecule has 3 rings (SSSR count). The molecule has 0 spiro atoms. The molecule has 4 heteroatoms. The lowest BCUT2D eigenvalue weighted by molar-refractivity contribution is -0.0457. The van der Waals surface area contributed by atoms with Crippen molar-refractivity contribution in [2.45, 2.75) is 37.5 Å². The Balaban J connectivity index is 1.68. The SMILES string of the molecule is Cc1cccc(C2(O)CCN(C3COCC3O)CC2)c1. The maximum absolute atomic E-state index is 10.9. The Kier molecular flexibility index (Phi) is 3.82. The minimum atomic E-state index is -0.729. The fraction of sp³-hybridized carbons (Fsp3) is 0.625. The van der Waals surface area contributed by atoms with Crippen molar-refractivity contribution in [3.05, 3.63) is 35.4 Å². The molecule has 1 aromatic rings. The van der Waals surface area contributed by atoms with Crippen LogP contribution in [0.5, 0.6) is 0 Å². The molecule has 2 fully saturated rings. The molecule has 20 heavy (non-hydrogen) atoms. The Hall–Kier alpha value is -0.940. The highest BCUT2D eigenvalue weighted by molar-refractivity contribution is 5.28. The number of hydrogen-bond acceptors (Lipinski definition) is 4. The average Bonchev–Trinajstić information content (AvgIpc) is 2.86. The number of piperidine rings is 1. The fourth-order valence-electron chi connectivity index (χ4n) is 3.33. The molecule has 2 aliphatic rings. The maximum atomic E-state index is 10.9. The number of benzene rings is 1. The van der Waals surface area contributed by atoms with E-state index in [9.17, 15) is 10.2 Å². The van der Waals surface area contributed by atoms with Gasteiger partial charge in [0.25, 0.3) is 0 Å². The number of aryl methyl sites for hydroxylation is 1. The third-order valence-corrected chi connectivity index (χ3v) is 4.67. The van der Waals surface area contributed by atoms with Crippen LogP contribution in [0.3, 0.4) is 0 Å². The van der Waals surface area contributed by atoms with E-state index in [1.807, 2.05) is 25.1 Å². The smallest absolute Gasteiger partial charge is 0.0950 e. The zero-order valence-corrected chi connectivity index (χ0v) is 12.0. The number of hydrogen-bond donors (Lipinski definition) is 2. The van der Waals surface area contributed by atoms with Crippen LogP contribution in [0.2, 0.25) is 0 Å². The average molecular weight is 277 g/mol. The predicted molar refractivity (Wildman–Crippen MR) is 76.5 cm³/mol. The lowest BCUT2D eigenvalue weighted by atomic mass is 9.83. The third-order valence-electron chi connectivity index (χ3n) is 4.67. The molecule has 2 saturated heterocycles. The molecule has 0 aromatic heterocycles. The molecule has 4 nitrogen and oxygen atoms in total. The van der Waals surface area contributed by atoms with Crippen LogP contribution in [0.25, 0.3) is 0 Å². The summed E-state index contributed by atoms with van der Waals surface area (Å²) in [5.74, 6) is 0. The summed E-state index contributed by atoms with van der Waals surface area (Å²) in [6.45, 7) is 4.69. The van der Waals surface area contributed by atoms with Crippen LogP contribution in [-0.4, -0.2) is 53.6 Å². The predicted octanol–water partition coefficient (Wildman–Crippen LogP) is 1.04. The zero-order valence-electron chi connectivity index (χ0n) is 12.0. The summed E-state index contributed by atoms with van der Waals surface area (Å²) in [7, 11) is 0. The van der Waals surface area contributed by atoms with E-state index in [-0.39, 0.29) is 12.1 Å². The highest BCUT2D eigenvalue weighted by atomic mass is 16.5. The molecular weight excluding hydrogens is 254 g/mol. The second kappa shape index (κ2) is 5.45. The van der Waals surface area contributed by atoms with E-state index in [1.165, 1.54) is 5.56 Å². The van der Waals surface area contributed by atoms with Gasteiger partial charge < -0.3 is 14.9 Å². The number of aliphatic hydroxyl groups excluding tert-OH is 1. The second-order valence-electron chi connectivity index (χ2n) is 6.11. The molecule has 2 N–H and O–H groups in total. The van der Waals surface area contributed by atoms with E-state index < -0.39 is 5.60 Å². The first kappa shape index (κ1) is 14.0. The van der Waals surface area contributed by atoms with E-state index in [0.717, 1.165) is 18.7 Å². The van der Waals surface area contributed by atoms with Crippen LogP contribution >= 0.6 is 0 Å². The van der Waals surface area contributed by atoms with Crippen molar-refractivity contribution in [1.29, 1.82) is 0 Å². The van der Waals surface area contributed by atoms with Gasteiger partial charge in [-0.15, -0.1) is 0 Å². The van der Waals surface area contributed by atoms with E-state index >= 15 is 0 Å². The summed E-state index contributed by atoms with van der Waals surface area (Å²) < 4.78 is 5.32. The molecular formula is C16H23NO3. The van der Waals surface area contributed by atoms with Crippen molar-refractivity contribution < 1.29 is 14.9 Å². The molecule has 2 heterocycles. The molecule has 2 atom stereocenters. The number of likely N-dealkylation sites (tertiary alicyclic amines) is 1. The summed E-state index contributed by atoms with van der Waals surface area (Å²) in [4.78, 5) is 2.25. The van der Waals surface area contributed by atoms with E-state index in [0.29, 0.717) is 26.1 Å². The number of aliphatic hydroxyl groups is 2. The minimum Gasteiger partial charge on any atom is -0.389 e. The molecule has 0 radical (unpaired) electrons. The third kappa shape index (κ3) is 2.61. The van der Waals surface area contributed by atoms with Crippen LogP contribution in [0, 0.1) is 6.92 Å². The normalized spacial score (nSPS) is 30.6. The molecule has 1 aromatic carbocycles. The molecule has 2 aliphatic heterocycles. The Morgan fingerprint density at radius 1 is 1.25 bits per heavy atom. The van der Waals surface area contributed by atoms with E-state index in [1.54, 1.807) is 0 Å². The van der Waals surface area contributed by atoms with Crippen molar-refractivity contribution in [2.75, 3.05) is 26.3 Å². The standard InChI is InChI=1S/C16H23NO3/c1-12-3-2-4-13(9-12)16(19)5-7-17(8-6-16)14-10-20-11-15(14)18/h2-4,9,14-15,18-19H,5-8,10-11H2,1H3. The lowest BCUT2D eigenvalue weighted by Crippen LogP contribution is -2.50. The van der Waals surface area contributed by atoms with Gasteiger partial charge in [-0.3, -0.25) is 4.90 Å². The summed E-state index contributed by atoms with van der Waals surface area (Å²) in [6, 6.07) is 8.23. The number of rotatable bonds is 2. The van der Waals surface area contributed by atoms with Gasteiger partial charge in [-0.2, -0.15) is 0 Å². The van der Waals surface area contributed by atoms with Crippen molar-refractivity contribution in [1.82, 2.24) is 4.90 Å². The summed E-state index contributed by atoms with van der Waals surface area (Å²) in [6.07, 6.45) is 1.03. The van der Waals surface area contributed by atoms with Crippen LogP contribution in [0.15, 0.2) is 24.3 Å². The largest absolute Gasteiger partial charge is 0.389 e. The molecule has 0 amide bonds. The van der Waals surface area contributed by atoms with Gasteiger partial charge in [0.15, 0.2) is 0 Å². The van der Waals surface area contributed by atoms with E-state index in [2.05, 4.69) is 11.0 Å². The molecule has 2 unspecified atom stereocenters. The van der Waals surface area contributed by atoms with Crippen molar-refractivity contribution >= 4 is 0 Å². The van der Waals surface area contributed by atoms with Gasteiger partial charge in [0.2, 0.25) is 0 Å². The van der Waals surface area contributed by atoms with E-state index in [4.69, 9.17) is 4.74 Å². The second-order valence-corrected chi connectivity index (χ2v) is 6.11. The Morgan fingerprint density at radius 2 is 2.00 bits per heavy atom. The minimum absolute atomic E-state index is 0.0945. The summed E-state index contributed by atoms with van der Waals surface area (Å²) >= 11 is 0. The molecule has 0 aliphatic carbocycles. The highest BCUT2D eigenvalue weighted by Gasteiger charge is 2.39. The van der Waals surface area contributed by atoms with Crippen molar-refractivity contribution in [2.24, 2.45) is 0 Å². The first-order chi connectivity index (χ1) is 9.58. The first-order valence-corrected chi connectivity index (χ1v) is 7.38. The van der Waals surface area contributed by atoms with Gasteiger partial charge in [0.05, 0.1) is 31.0 Å². The maximum Gasteiger partial charge on any atom is 0.0950 e. The summed E-state index contributed by atoms with van der Waals surface area (Å²) in [5, 5.41) is 20.8. The van der Waals surface area contributed by atoms with Crippen LogP contribution < -0.4 is 0 Å². The van der Waals surface area contributed by atoms with Crippen LogP contribution in [0.4, 0.5) is 0 Å². The van der Waals surface area contributed by atoms with Crippen LogP contribution in [-0.2, 0) is 10.3 Å². The lowest BCUT2D eigenvalue weighted by Gasteiger charge is -2.41. The number of ether oxygens (including phenoxy) is 1. The highest BCUT2D eigenvalue weighted by Crippen LogP contribution is 2.34. The first-order valence-electron chi connectivity index (χ1n) is 7.38. The monoisotopic (exact) mass is 277 g/mol. The summed E-state index contributed by atoms with van der Waals surface area (Å²) in [5.41, 5.74) is 1.46. The van der Waals surface area contributed by atoms with Crippen molar-refractivity contribution in [3.63, 3.8) is 0 Å². The van der Waals surface area contributed by atoms with Gasteiger partial charge in [-0.05, 0) is 25.3 Å². The van der Waals surface area contributed by atoms with Crippen LogP contribution in [0.1, 0.15) is 24.0 Å². The molecule has 0 bridgehead atoms. The van der Waals surface area contributed by atoms with Gasteiger partial charge in [-0.1, -0.05) is 29.8 Å². The van der Waals surface area contributed by atoms with Crippen molar-refractivity contribution in [3.8, 4) is 0 Å². The zero-order chi connectivity index (χ0) is 14.2. The Labute approximate surface area is 120 Å². The quantitative estimate of drug-likeness (QED) is 0.848. The van der Waals surface area contributed by atoms with Gasteiger partial charge >= 0.3 is 0 Å². The number of nitrogens with zero attached hydrogens (tertiary/aromatic N) is 1. The van der Waals surface area contributed by atoms with Gasteiger partial charge in [0.1, 0.15) is 0 Å². The Bertz CT molecular complexity index is 469.